The molecule has 13 aromatic carbocycles. The molecule has 0 atom stereocenters. The van der Waals surface area contributed by atoms with Gasteiger partial charge in [-0.2, -0.15) is 0 Å². The van der Waals surface area contributed by atoms with Gasteiger partial charge in [0.05, 0.1) is 22.4 Å². The van der Waals surface area contributed by atoms with Crippen molar-refractivity contribution in [3.63, 3.8) is 0 Å². The predicted molar refractivity (Wildman–Crippen MR) is 379 cm³/mol. The number of rotatable bonds is 12. The molecule has 0 fully saturated rings. The number of hydrogen-bond acceptors (Lipinski definition) is 5. The number of para-hydroxylation sites is 2. The second kappa shape index (κ2) is 23.0. The molecule has 0 spiro atoms. The van der Waals surface area contributed by atoms with E-state index >= 15 is 0 Å². The lowest BCUT2D eigenvalue weighted by Gasteiger charge is -2.12. The number of furan rings is 1. The molecule has 0 unspecified atom stereocenters. The molecule has 0 saturated heterocycles. The van der Waals surface area contributed by atoms with Gasteiger partial charge in [-0.05, 0) is 152 Å². The Hall–Kier alpha value is -12.4. The Labute approximate surface area is 532 Å². The van der Waals surface area contributed by atoms with Gasteiger partial charge in [0, 0.05) is 60.6 Å². The molecule has 430 valence electrons. The average Bonchev–Trinajstić information content (AvgIpc) is 1.61. The lowest BCUT2D eigenvalue weighted by atomic mass is 9.93. The first kappa shape index (κ1) is 53.8. The van der Waals surface area contributed by atoms with E-state index in [2.05, 4.69) is 259 Å². The summed E-state index contributed by atoms with van der Waals surface area (Å²) in [5.74, 6) is 1.83. The van der Waals surface area contributed by atoms with Gasteiger partial charge in [0.25, 0.3) is 0 Å². The zero-order chi connectivity index (χ0) is 60.9. The second-order valence-corrected chi connectivity index (χ2v) is 23.3. The van der Waals surface area contributed by atoms with E-state index in [1.807, 2.05) is 78.9 Å². The van der Waals surface area contributed by atoms with Crippen LogP contribution in [0, 0.1) is 0 Å². The quantitative estimate of drug-likeness (QED) is 0.122. The fraction of sp³-hybridized carbons (Fsp3) is 0. The highest BCUT2D eigenvalue weighted by Gasteiger charge is 2.20. The number of benzene rings is 13. The van der Waals surface area contributed by atoms with Crippen molar-refractivity contribution in [2.75, 3.05) is 0 Å². The molecule has 17 aromatic rings. The smallest absolute Gasteiger partial charge is 0.164 e. The Bertz CT molecular complexity index is 5580. The standard InChI is InChI=1S/C86H55N5O/c1-4-20-56(21-5-1)60-26-14-28-62(48-60)63-29-16-30-64(50-63)66-44-47-81-76(53-66)73-36-10-12-40-80(73)91(81)72-45-42-57(43-46-72)61-27-15-31-65(49-61)71-54-75(83-77(55-71)74-37-11-13-41-82(74)92-83)67-32-17-33-68(51-67)78-38-19-39-79(87-78)69-34-18-35-70(52-69)86-89-84(58-22-6-2-7-23-58)88-85(90-86)59-24-8-3-9-25-59/h1-55H. The van der Waals surface area contributed by atoms with Crippen molar-refractivity contribution in [2.45, 2.75) is 0 Å². The first-order chi connectivity index (χ1) is 45.5. The van der Waals surface area contributed by atoms with E-state index in [9.17, 15) is 0 Å². The molecule has 0 radical (unpaired) electrons. The third-order valence-electron chi connectivity index (χ3n) is 17.6. The third kappa shape index (κ3) is 10.1. The normalized spacial score (nSPS) is 11.5. The number of nitrogens with zero attached hydrogens (tertiary/aromatic N) is 5. The van der Waals surface area contributed by atoms with Crippen molar-refractivity contribution < 1.29 is 4.42 Å². The summed E-state index contributed by atoms with van der Waals surface area (Å²) in [6, 6.07) is 118. The van der Waals surface area contributed by atoms with Crippen LogP contribution in [0.15, 0.2) is 338 Å². The fourth-order valence-corrected chi connectivity index (χ4v) is 13.1. The lowest BCUT2D eigenvalue weighted by molar-refractivity contribution is 0.670. The predicted octanol–water partition coefficient (Wildman–Crippen LogP) is 22.6. The van der Waals surface area contributed by atoms with Crippen LogP contribution in [0.1, 0.15) is 0 Å². The molecule has 4 heterocycles. The van der Waals surface area contributed by atoms with Crippen molar-refractivity contribution in [3.8, 4) is 129 Å². The molecule has 0 saturated carbocycles. The molecule has 17 rings (SSSR count). The van der Waals surface area contributed by atoms with Crippen LogP contribution < -0.4 is 0 Å². The monoisotopic (exact) mass is 1170 g/mol. The summed E-state index contributed by atoms with van der Waals surface area (Å²) in [4.78, 5) is 20.3. The minimum atomic E-state index is 0.593. The molecule has 0 aliphatic carbocycles. The third-order valence-corrected chi connectivity index (χ3v) is 17.6. The lowest BCUT2D eigenvalue weighted by Crippen LogP contribution is -2.00. The van der Waals surface area contributed by atoms with Crippen LogP contribution in [0.5, 0.6) is 0 Å². The summed E-state index contributed by atoms with van der Waals surface area (Å²) < 4.78 is 9.18. The minimum Gasteiger partial charge on any atom is -0.455 e. The van der Waals surface area contributed by atoms with Crippen LogP contribution in [0.4, 0.5) is 0 Å². The topological polar surface area (TPSA) is 69.6 Å². The molecule has 0 aliphatic heterocycles. The maximum absolute atomic E-state index is 6.78. The number of hydrogen-bond donors (Lipinski definition) is 0. The van der Waals surface area contributed by atoms with Crippen molar-refractivity contribution in [1.82, 2.24) is 24.5 Å². The van der Waals surface area contributed by atoms with E-state index in [1.165, 1.54) is 55.2 Å². The van der Waals surface area contributed by atoms with Crippen molar-refractivity contribution in [2.24, 2.45) is 0 Å². The van der Waals surface area contributed by atoms with Gasteiger partial charge >= 0.3 is 0 Å². The maximum Gasteiger partial charge on any atom is 0.164 e. The van der Waals surface area contributed by atoms with Crippen molar-refractivity contribution in [1.29, 1.82) is 0 Å². The van der Waals surface area contributed by atoms with E-state index in [-0.39, 0.29) is 0 Å². The van der Waals surface area contributed by atoms with Gasteiger partial charge in [0.2, 0.25) is 0 Å². The highest BCUT2D eigenvalue weighted by atomic mass is 16.3. The summed E-state index contributed by atoms with van der Waals surface area (Å²) in [6.45, 7) is 0. The summed E-state index contributed by atoms with van der Waals surface area (Å²) in [6.07, 6.45) is 0. The van der Waals surface area contributed by atoms with Crippen molar-refractivity contribution in [3.05, 3.63) is 334 Å². The molecule has 92 heavy (non-hydrogen) atoms. The first-order valence-corrected chi connectivity index (χ1v) is 31.1. The SMILES string of the molecule is c1ccc(-c2cccc(-c3cccc(-c4ccc5c(c4)c4ccccc4n5-c4ccc(-c5cccc(-c6cc(-c7cccc(-c8cccc(-c9cccc(-c%10nc(-c%11ccccc%11)nc(-c%11ccccc%11)n%10)c9)n8)c7)c7oc8ccccc8c7c6)c5)cc4)c3)c2)cc1. The minimum absolute atomic E-state index is 0.593. The van der Waals surface area contributed by atoms with Crippen LogP contribution >= 0.6 is 0 Å². The van der Waals surface area contributed by atoms with E-state index in [1.54, 1.807) is 0 Å². The van der Waals surface area contributed by atoms with Gasteiger partial charge in [0.1, 0.15) is 11.2 Å². The fourth-order valence-electron chi connectivity index (χ4n) is 13.1. The number of fused-ring (bicyclic) bond motifs is 6. The summed E-state index contributed by atoms with van der Waals surface area (Å²) in [7, 11) is 0. The summed E-state index contributed by atoms with van der Waals surface area (Å²) in [5, 5.41) is 4.58. The highest BCUT2D eigenvalue weighted by molar-refractivity contribution is 6.12. The molecule has 6 nitrogen and oxygen atoms in total. The van der Waals surface area contributed by atoms with Crippen LogP contribution in [-0.4, -0.2) is 24.5 Å². The van der Waals surface area contributed by atoms with Gasteiger partial charge in [-0.3, -0.25) is 0 Å². The molecule has 0 amide bonds. The first-order valence-electron chi connectivity index (χ1n) is 31.1. The Morgan fingerprint density at radius 3 is 1.22 bits per heavy atom. The Morgan fingerprint density at radius 2 is 0.609 bits per heavy atom. The molecule has 0 aliphatic rings. The second-order valence-electron chi connectivity index (χ2n) is 23.3. The van der Waals surface area contributed by atoms with Crippen LogP contribution in [-0.2, 0) is 0 Å². The van der Waals surface area contributed by atoms with Gasteiger partial charge in [-0.1, -0.05) is 243 Å². The molecular formula is C86H55N5O. The van der Waals surface area contributed by atoms with E-state index in [0.29, 0.717) is 17.5 Å². The van der Waals surface area contributed by atoms with Gasteiger partial charge in [0.15, 0.2) is 17.5 Å². The van der Waals surface area contributed by atoms with Crippen molar-refractivity contribution >= 4 is 43.7 Å². The Kier molecular flexibility index (Phi) is 13.4. The number of aromatic nitrogens is 5. The largest absolute Gasteiger partial charge is 0.455 e. The Morgan fingerprint density at radius 1 is 0.217 bits per heavy atom. The van der Waals surface area contributed by atoms with Gasteiger partial charge in [-0.15, -0.1) is 0 Å². The molecule has 6 heteroatoms. The highest BCUT2D eigenvalue weighted by Crippen LogP contribution is 2.43. The zero-order valence-electron chi connectivity index (χ0n) is 49.9. The zero-order valence-corrected chi connectivity index (χ0v) is 49.9. The van der Waals surface area contributed by atoms with Crippen LogP contribution in [0.2, 0.25) is 0 Å². The van der Waals surface area contributed by atoms with Gasteiger partial charge < -0.3 is 8.98 Å². The van der Waals surface area contributed by atoms with Crippen LogP contribution in [0.25, 0.3) is 173 Å². The van der Waals surface area contributed by atoms with E-state index in [4.69, 9.17) is 24.4 Å². The molecular weight excluding hydrogens is 1120 g/mol. The molecule has 4 aromatic heterocycles. The summed E-state index contributed by atoms with van der Waals surface area (Å²) in [5.41, 5.74) is 25.2. The van der Waals surface area contributed by atoms with Crippen LogP contribution in [0.3, 0.4) is 0 Å². The van der Waals surface area contributed by atoms with E-state index < -0.39 is 0 Å². The average molecular weight is 1170 g/mol. The van der Waals surface area contributed by atoms with Gasteiger partial charge in [-0.25, -0.2) is 19.9 Å². The maximum atomic E-state index is 6.78. The number of pyridine rings is 1. The molecule has 0 bridgehead atoms. The van der Waals surface area contributed by atoms with E-state index in [0.717, 1.165) is 100 Å². The Balaban J connectivity index is 0.679. The summed E-state index contributed by atoms with van der Waals surface area (Å²) >= 11 is 0. The molecule has 0 N–H and O–H groups in total.